The number of aryl methyl sites for hydroxylation is 3. The normalized spacial score (nSPS) is 18.8. The molecule has 644 valence electrons. The number of rotatable bonds is 17. The Hall–Kier alpha value is -15.2. The minimum Gasteiger partial charge on any atom is -0.496 e. The minimum atomic E-state index is -1.02. The second-order valence-corrected chi connectivity index (χ2v) is 36.1. The molecule has 0 amide bonds. The quantitative estimate of drug-likeness (QED) is 0.0466. The fourth-order valence-electron chi connectivity index (χ4n) is 18.9. The Morgan fingerprint density at radius 2 is 0.677 bits per heavy atom. The lowest BCUT2D eigenvalue weighted by Crippen LogP contribution is -2.34. The third-order valence-corrected chi connectivity index (χ3v) is 28.2. The first-order valence-electron chi connectivity index (χ1n) is 43.2. The third-order valence-electron chi connectivity index (χ3n) is 25.2. The molecule has 9 aliphatic rings. The number of thiophene rings is 3. The van der Waals surface area contributed by atoms with Gasteiger partial charge in [0, 0.05) is 125 Å². The second kappa shape index (κ2) is 39.8. The molecular formula is C108H92N12O7S3. The van der Waals surface area contributed by atoms with Gasteiger partial charge in [0.25, 0.3) is 0 Å². The lowest BCUT2D eigenvalue weighted by molar-refractivity contribution is 0.0727. The van der Waals surface area contributed by atoms with Crippen LogP contribution in [0, 0.1) is 92.5 Å². The summed E-state index contributed by atoms with van der Waals surface area (Å²) < 4.78 is 36.0. The van der Waals surface area contributed by atoms with E-state index in [-0.39, 0.29) is 51.0 Å². The number of anilines is 3. The molecule has 3 unspecified atom stereocenters. The van der Waals surface area contributed by atoms with Gasteiger partial charge >= 0.3 is 0 Å². The Morgan fingerprint density at radius 1 is 0.392 bits per heavy atom. The maximum atomic E-state index is 10.8. The van der Waals surface area contributed by atoms with Crippen molar-refractivity contribution in [2.24, 2.45) is 0 Å². The Morgan fingerprint density at radius 3 is 0.969 bits per heavy atom. The number of carbonyl (C=O) groups is 1. The molecule has 0 saturated heterocycles. The molecule has 9 aromatic rings. The van der Waals surface area contributed by atoms with Crippen molar-refractivity contribution in [1.29, 1.82) is 36.8 Å². The third kappa shape index (κ3) is 17.8. The van der Waals surface area contributed by atoms with E-state index < -0.39 is 16.8 Å². The van der Waals surface area contributed by atoms with Crippen LogP contribution in [0.2, 0.25) is 0 Å². The molecule has 22 heteroatoms. The summed E-state index contributed by atoms with van der Waals surface area (Å²) in [4.78, 5) is 31.9. The highest BCUT2D eigenvalue weighted by Crippen LogP contribution is 2.53. The number of ether oxygens (including phenoxy) is 6. The van der Waals surface area contributed by atoms with Crippen molar-refractivity contribution in [3.05, 3.63) is 344 Å². The van der Waals surface area contributed by atoms with Crippen LogP contribution in [0.4, 0.5) is 17.1 Å². The molecule has 3 aromatic heterocycles. The van der Waals surface area contributed by atoms with E-state index in [1.807, 2.05) is 191 Å². The highest BCUT2D eigenvalue weighted by Gasteiger charge is 2.47. The number of allylic oxidation sites excluding steroid dienone is 4. The molecule has 130 heavy (non-hydrogen) atoms. The molecule has 18 rings (SSSR count). The molecule has 3 atom stereocenters. The predicted molar refractivity (Wildman–Crippen MR) is 514 cm³/mol. The monoisotopic (exact) mass is 1760 g/mol. The van der Waals surface area contributed by atoms with Crippen LogP contribution in [0.3, 0.4) is 0 Å². The number of benzene rings is 6. The Kier molecular flexibility index (Phi) is 27.4. The van der Waals surface area contributed by atoms with Gasteiger partial charge in [-0.1, -0.05) is 103 Å². The number of nitriles is 7. The average Bonchev–Trinajstić information content (AvgIpc) is 1.62. The number of hydrogen-bond acceptors (Lipinski definition) is 20. The van der Waals surface area contributed by atoms with Gasteiger partial charge in [0.05, 0.1) is 44.9 Å². The standard InChI is InChI=1S/2C36H30N4O2S.C20H21NO2S.C16H11N3O/c2*1-36(27-10-5-4-6-11-27)31(32(39-2)35(42-36)26(22-37)23-38)18-17-29-16-15-28(43-29)14-13-25-21-24-9-7-19-40-20-8-12-30(33(24)40)34(25)41-3;1-23-20-15(6-7-16-8-9-17(13-22)24-16)12-14-4-2-10-21-11-3-5-18(20)19(14)21;1-11-14(10-19)15(12(8-17)9-18)20-16(11,2)13-6-4-3-5-7-13/h2*4-6,10-11,13-18,21H,7-9,12,19-20H2,1,3H3;6-9,12-13H,2-5,10-11H2,1H3;3-7H,1-2H3/b2*14-13+,18-17+;7-6+;. The van der Waals surface area contributed by atoms with Crippen LogP contribution in [0.1, 0.15) is 167 Å². The van der Waals surface area contributed by atoms with Gasteiger partial charge in [-0.2, -0.15) is 36.8 Å². The Labute approximate surface area is 771 Å². The van der Waals surface area contributed by atoms with E-state index in [1.54, 1.807) is 63.1 Å². The molecule has 0 saturated carbocycles. The van der Waals surface area contributed by atoms with Crippen LogP contribution in [0.25, 0.3) is 58.3 Å². The molecule has 0 fully saturated rings. The summed E-state index contributed by atoms with van der Waals surface area (Å²) in [5.74, 6) is 3.11. The van der Waals surface area contributed by atoms with E-state index in [1.165, 1.54) is 101 Å². The molecule has 9 aliphatic heterocycles. The highest BCUT2D eigenvalue weighted by molar-refractivity contribution is 7.14. The molecule has 12 heterocycles. The van der Waals surface area contributed by atoms with Crippen LogP contribution in [-0.4, -0.2) is 66.9 Å². The molecule has 6 aromatic carbocycles. The van der Waals surface area contributed by atoms with Crippen molar-refractivity contribution in [3.63, 3.8) is 0 Å². The smallest absolute Gasteiger partial charge is 0.237 e. The summed E-state index contributed by atoms with van der Waals surface area (Å²) in [6.45, 7) is 30.0. The van der Waals surface area contributed by atoms with Gasteiger partial charge in [-0.15, -0.1) is 34.0 Å². The van der Waals surface area contributed by atoms with E-state index in [4.69, 9.17) is 52.1 Å². The van der Waals surface area contributed by atoms with Crippen LogP contribution < -0.4 is 28.9 Å². The topological polar surface area (TPSA) is 257 Å². The molecule has 0 aliphatic carbocycles. The summed E-state index contributed by atoms with van der Waals surface area (Å²) in [5.41, 5.74) is 17.6. The van der Waals surface area contributed by atoms with Crippen molar-refractivity contribution in [1.82, 2.24) is 0 Å². The first-order chi connectivity index (χ1) is 63.4. The van der Waals surface area contributed by atoms with E-state index in [0.717, 1.165) is 164 Å². The number of nitrogens with zero attached hydrogens (tertiary/aromatic N) is 12. The first-order valence-corrected chi connectivity index (χ1v) is 45.7. The number of hydrogen-bond donors (Lipinski definition) is 0. The van der Waals surface area contributed by atoms with Crippen LogP contribution in [-0.2, 0) is 69.5 Å². The van der Waals surface area contributed by atoms with Gasteiger partial charge in [0.2, 0.25) is 11.4 Å². The van der Waals surface area contributed by atoms with Gasteiger partial charge in [0.15, 0.2) is 45.9 Å². The fourth-order valence-corrected chi connectivity index (χ4v) is 21.2. The van der Waals surface area contributed by atoms with E-state index in [9.17, 15) is 31.1 Å². The predicted octanol–water partition coefficient (Wildman–Crippen LogP) is 23.6. The summed E-state index contributed by atoms with van der Waals surface area (Å²) in [6, 6.07) is 60.7. The average molecular weight is 1770 g/mol. The van der Waals surface area contributed by atoms with Crippen molar-refractivity contribution in [2.45, 2.75) is 122 Å². The Bertz CT molecular complexity index is 6460. The minimum absolute atomic E-state index is 0.0296. The largest absolute Gasteiger partial charge is 0.496 e. The van der Waals surface area contributed by atoms with Crippen LogP contribution in [0.15, 0.2) is 225 Å². The van der Waals surface area contributed by atoms with Gasteiger partial charge < -0.3 is 43.1 Å². The second-order valence-electron chi connectivity index (χ2n) is 32.7. The summed E-state index contributed by atoms with van der Waals surface area (Å²) in [5, 5.41) is 65.4. The van der Waals surface area contributed by atoms with Gasteiger partial charge in [-0.05, 0) is 247 Å². The summed E-state index contributed by atoms with van der Waals surface area (Å²) in [6.07, 6.45) is 35.0. The van der Waals surface area contributed by atoms with Crippen molar-refractivity contribution < 1.29 is 33.2 Å². The molecule has 0 bridgehead atoms. The lowest BCUT2D eigenvalue weighted by atomic mass is 9.87. The molecule has 19 nitrogen and oxygen atoms in total. The number of aldehydes is 1. The van der Waals surface area contributed by atoms with Gasteiger partial charge in [-0.25, -0.2) is 9.69 Å². The zero-order valence-electron chi connectivity index (χ0n) is 73.4. The van der Waals surface area contributed by atoms with Crippen molar-refractivity contribution >= 4 is 106 Å². The number of carbonyl (C=O) groups excluding carboxylic acids is 1. The highest BCUT2D eigenvalue weighted by atomic mass is 32.1. The zero-order valence-corrected chi connectivity index (χ0v) is 75.8. The molecular weight excluding hydrogens is 1670 g/mol. The summed E-state index contributed by atoms with van der Waals surface area (Å²) >= 11 is 4.79. The lowest BCUT2D eigenvalue weighted by Gasteiger charge is -2.38. The fraction of sp³-hybridized carbons (Fsp3) is 0.259. The van der Waals surface area contributed by atoms with Gasteiger partial charge in [0.1, 0.15) is 70.9 Å². The molecule has 0 N–H and O–H groups in total. The first kappa shape index (κ1) is 89.7. The molecule has 0 radical (unpaired) electrons. The SMILES string of the molecule is CC1=C(C#N)C(=C(C#N)C#N)OC1(C)c1ccccc1.COc1c(/C=C/c2ccc(C=O)s2)cc2c3c1CCCN3CCC2.[C-]#[N+]C1=C(/C=C/c2ccc(/C=C/c3cc4c5c(c3OC)CCCN5CCC4)s2)C(C)(c2ccccc2)OC1=C(C#N)C#N.[C-]#[N+]C1=C(/C=C/c2ccc(/C=C/c3cc4c5c(c3OC)CCCN5CCC4)s2)C(C)(c2ccccc2)OC1=C(C#N)C#N. The molecule has 0 spiro atoms. The van der Waals surface area contributed by atoms with Crippen molar-refractivity contribution in [3.8, 4) is 59.7 Å². The zero-order chi connectivity index (χ0) is 91.2. The maximum Gasteiger partial charge on any atom is 0.237 e. The van der Waals surface area contributed by atoms with E-state index >= 15 is 0 Å². The number of methoxy groups -OCH3 is 3. The van der Waals surface area contributed by atoms with Crippen LogP contribution >= 0.6 is 34.0 Å². The maximum absolute atomic E-state index is 10.8. The summed E-state index contributed by atoms with van der Waals surface area (Å²) in [7, 11) is 5.31. The van der Waals surface area contributed by atoms with Crippen molar-refractivity contribution in [2.75, 3.05) is 75.3 Å². The van der Waals surface area contributed by atoms with Crippen LogP contribution in [0.5, 0.6) is 17.2 Å². The van der Waals surface area contributed by atoms with Gasteiger partial charge in [-0.3, -0.25) is 4.79 Å². The Balaban J connectivity index is 0.000000139. The van der Waals surface area contributed by atoms with E-state index in [2.05, 4.69) is 91.2 Å². The van der Waals surface area contributed by atoms with E-state index in [0.29, 0.717) is 16.7 Å².